The second-order valence-corrected chi connectivity index (χ2v) is 6.41. The van der Waals surface area contributed by atoms with Gasteiger partial charge in [-0.1, -0.05) is 30.3 Å². The summed E-state index contributed by atoms with van der Waals surface area (Å²) in [5.74, 6) is 1.04. The zero-order chi connectivity index (χ0) is 15.2. The minimum absolute atomic E-state index is 0.235. The van der Waals surface area contributed by atoms with Crippen LogP contribution in [0.4, 0.5) is 0 Å². The van der Waals surface area contributed by atoms with E-state index in [-0.39, 0.29) is 11.4 Å². The fraction of sp³-hybridized carbons (Fsp3) is 0.500. The van der Waals surface area contributed by atoms with E-state index in [2.05, 4.69) is 34.6 Å². The highest BCUT2D eigenvalue weighted by molar-refractivity contribution is 5.80. The summed E-state index contributed by atoms with van der Waals surface area (Å²) in [6.07, 6.45) is 3.58. The second-order valence-electron chi connectivity index (χ2n) is 6.41. The van der Waals surface area contributed by atoms with E-state index < -0.39 is 0 Å². The topological polar surface area (TPSA) is 63.9 Å². The van der Waals surface area contributed by atoms with Gasteiger partial charge < -0.3 is 4.90 Å². The molecule has 0 bridgehead atoms. The third kappa shape index (κ3) is 2.10. The van der Waals surface area contributed by atoms with Gasteiger partial charge in [-0.05, 0) is 42.2 Å². The van der Waals surface area contributed by atoms with E-state index in [0.717, 1.165) is 30.7 Å². The zero-order valence-corrected chi connectivity index (χ0v) is 12.6. The number of carbonyl (C=O) groups is 1. The lowest BCUT2D eigenvalue weighted by Gasteiger charge is -2.34. The van der Waals surface area contributed by atoms with Crippen LogP contribution in [0.3, 0.4) is 0 Å². The van der Waals surface area contributed by atoms with Gasteiger partial charge >= 0.3 is 0 Å². The van der Waals surface area contributed by atoms with Gasteiger partial charge in [0.25, 0.3) is 0 Å². The molecule has 1 amide bonds. The molecule has 2 heterocycles. The summed E-state index contributed by atoms with van der Waals surface area (Å²) in [5, 5.41) is 12.3. The SMILES string of the molecule is CC1(c2nnnn2Cc2ccccc2)CCC(=O)N1C1CC1. The van der Waals surface area contributed by atoms with Gasteiger partial charge in [-0.2, -0.15) is 0 Å². The Bertz CT molecular complexity index is 694. The summed E-state index contributed by atoms with van der Waals surface area (Å²) in [5.41, 5.74) is 0.776. The van der Waals surface area contributed by atoms with E-state index in [0.29, 0.717) is 19.0 Å². The van der Waals surface area contributed by atoms with E-state index in [9.17, 15) is 4.79 Å². The molecule has 1 aliphatic carbocycles. The van der Waals surface area contributed by atoms with Crippen molar-refractivity contribution in [2.75, 3.05) is 0 Å². The number of hydrogen-bond donors (Lipinski definition) is 0. The monoisotopic (exact) mass is 297 g/mol. The van der Waals surface area contributed by atoms with Gasteiger partial charge in [0.15, 0.2) is 5.82 Å². The predicted molar refractivity (Wildman–Crippen MR) is 79.8 cm³/mol. The van der Waals surface area contributed by atoms with Crippen LogP contribution >= 0.6 is 0 Å². The Morgan fingerprint density at radius 1 is 1.27 bits per heavy atom. The smallest absolute Gasteiger partial charge is 0.223 e. The number of tetrazole rings is 1. The fourth-order valence-electron chi connectivity index (χ4n) is 3.48. The molecular weight excluding hydrogens is 278 g/mol. The van der Waals surface area contributed by atoms with E-state index in [1.807, 2.05) is 27.8 Å². The van der Waals surface area contributed by atoms with Gasteiger partial charge in [-0.15, -0.1) is 5.10 Å². The number of amides is 1. The highest BCUT2D eigenvalue weighted by Crippen LogP contribution is 2.45. The standard InChI is InChI=1S/C16H19N5O/c1-16(10-9-14(22)21(16)13-7-8-13)15-17-18-19-20(15)11-12-5-3-2-4-6-12/h2-6,13H,7-11H2,1H3. The van der Waals surface area contributed by atoms with Crippen molar-refractivity contribution >= 4 is 5.91 Å². The summed E-state index contributed by atoms with van der Waals surface area (Å²) < 4.78 is 1.84. The minimum Gasteiger partial charge on any atom is -0.327 e. The molecule has 1 saturated heterocycles. The summed E-state index contributed by atoms with van der Waals surface area (Å²) in [4.78, 5) is 14.3. The van der Waals surface area contributed by atoms with E-state index in [1.165, 1.54) is 0 Å². The van der Waals surface area contributed by atoms with Gasteiger partial charge in [-0.3, -0.25) is 4.79 Å². The maximum Gasteiger partial charge on any atom is 0.223 e. The lowest BCUT2D eigenvalue weighted by Crippen LogP contribution is -2.44. The Hall–Kier alpha value is -2.24. The van der Waals surface area contributed by atoms with Crippen LogP contribution in [-0.2, 0) is 16.9 Å². The van der Waals surface area contributed by atoms with Crippen LogP contribution in [0.2, 0.25) is 0 Å². The van der Waals surface area contributed by atoms with Crippen molar-refractivity contribution in [3.63, 3.8) is 0 Å². The largest absolute Gasteiger partial charge is 0.327 e. The van der Waals surface area contributed by atoms with Crippen molar-refractivity contribution in [1.29, 1.82) is 0 Å². The van der Waals surface area contributed by atoms with E-state index in [1.54, 1.807) is 0 Å². The molecule has 4 rings (SSSR count). The van der Waals surface area contributed by atoms with Crippen molar-refractivity contribution in [3.05, 3.63) is 41.7 Å². The highest BCUT2D eigenvalue weighted by Gasteiger charge is 2.52. The molecule has 2 aliphatic rings. The molecule has 1 saturated carbocycles. The number of nitrogens with zero attached hydrogens (tertiary/aromatic N) is 5. The number of likely N-dealkylation sites (tertiary alicyclic amines) is 1. The first kappa shape index (κ1) is 13.4. The molecule has 1 atom stereocenters. The molecule has 2 fully saturated rings. The summed E-state index contributed by atoms with van der Waals surface area (Å²) in [7, 11) is 0. The third-order valence-electron chi connectivity index (χ3n) is 4.73. The summed E-state index contributed by atoms with van der Waals surface area (Å²) in [6.45, 7) is 2.73. The Morgan fingerprint density at radius 2 is 2.05 bits per heavy atom. The van der Waals surface area contributed by atoms with Crippen molar-refractivity contribution in [2.45, 2.75) is 50.7 Å². The van der Waals surface area contributed by atoms with Gasteiger partial charge in [0, 0.05) is 12.5 Å². The highest BCUT2D eigenvalue weighted by atomic mass is 16.2. The van der Waals surface area contributed by atoms with Gasteiger partial charge in [0.2, 0.25) is 5.91 Å². The summed E-state index contributed by atoms with van der Waals surface area (Å²) >= 11 is 0. The van der Waals surface area contributed by atoms with E-state index >= 15 is 0 Å². The normalized spacial score (nSPS) is 25.0. The first-order valence-corrected chi connectivity index (χ1v) is 7.81. The first-order chi connectivity index (χ1) is 10.7. The van der Waals surface area contributed by atoms with Crippen LogP contribution in [0.1, 0.15) is 44.0 Å². The van der Waals surface area contributed by atoms with Crippen molar-refractivity contribution in [3.8, 4) is 0 Å². The van der Waals surface area contributed by atoms with Crippen molar-refractivity contribution < 1.29 is 4.79 Å². The van der Waals surface area contributed by atoms with Crippen molar-refractivity contribution in [1.82, 2.24) is 25.1 Å². The molecule has 6 heteroatoms. The molecular formula is C16H19N5O. The van der Waals surface area contributed by atoms with Gasteiger partial charge in [0.05, 0.1) is 6.54 Å². The molecule has 6 nitrogen and oxygen atoms in total. The van der Waals surface area contributed by atoms with Gasteiger partial charge in [-0.25, -0.2) is 4.68 Å². The van der Waals surface area contributed by atoms with Crippen molar-refractivity contribution in [2.24, 2.45) is 0 Å². The molecule has 1 aromatic heterocycles. The third-order valence-corrected chi connectivity index (χ3v) is 4.73. The number of benzene rings is 1. The molecule has 0 radical (unpaired) electrons. The lowest BCUT2D eigenvalue weighted by atomic mass is 9.97. The Kier molecular flexibility index (Phi) is 2.99. The maximum atomic E-state index is 12.3. The maximum absolute atomic E-state index is 12.3. The predicted octanol–water partition coefficient (Wildman–Crippen LogP) is 1.72. The molecule has 22 heavy (non-hydrogen) atoms. The Labute approximate surface area is 129 Å². The first-order valence-electron chi connectivity index (χ1n) is 7.81. The summed E-state index contributed by atoms with van der Waals surface area (Å²) in [6, 6.07) is 10.5. The average Bonchev–Trinajstić information content (AvgIpc) is 3.15. The molecule has 0 N–H and O–H groups in total. The number of hydrogen-bond acceptors (Lipinski definition) is 4. The van der Waals surface area contributed by atoms with Crippen LogP contribution in [0.5, 0.6) is 0 Å². The Balaban J connectivity index is 1.68. The Morgan fingerprint density at radius 3 is 2.77 bits per heavy atom. The van der Waals surface area contributed by atoms with Crippen LogP contribution in [0.25, 0.3) is 0 Å². The molecule has 1 unspecified atom stereocenters. The minimum atomic E-state index is -0.378. The fourth-order valence-corrected chi connectivity index (χ4v) is 3.48. The second kappa shape index (κ2) is 4.90. The number of rotatable bonds is 4. The molecule has 114 valence electrons. The average molecular weight is 297 g/mol. The molecule has 2 aromatic rings. The van der Waals surface area contributed by atoms with Crippen LogP contribution in [0.15, 0.2) is 30.3 Å². The zero-order valence-electron chi connectivity index (χ0n) is 12.6. The van der Waals surface area contributed by atoms with Crippen LogP contribution in [0, 0.1) is 0 Å². The number of aromatic nitrogens is 4. The molecule has 1 aliphatic heterocycles. The quantitative estimate of drug-likeness (QED) is 0.862. The van der Waals surface area contributed by atoms with Crippen LogP contribution in [-0.4, -0.2) is 37.1 Å². The number of carbonyl (C=O) groups excluding carboxylic acids is 1. The lowest BCUT2D eigenvalue weighted by molar-refractivity contribution is -0.132. The van der Waals surface area contributed by atoms with Gasteiger partial charge in [0.1, 0.15) is 5.54 Å². The van der Waals surface area contributed by atoms with E-state index in [4.69, 9.17) is 0 Å². The molecule has 0 spiro atoms. The van der Waals surface area contributed by atoms with Crippen LogP contribution < -0.4 is 0 Å². The molecule has 1 aromatic carbocycles.